The lowest BCUT2D eigenvalue weighted by Crippen LogP contribution is -2.63. The van der Waals surface area contributed by atoms with E-state index in [1.807, 2.05) is 0 Å². The van der Waals surface area contributed by atoms with E-state index >= 15 is 0 Å². The molecule has 2 saturated carbocycles. The summed E-state index contributed by atoms with van der Waals surface area (Å²) in [7, 11) is 2.32. The van der Waals surface area contributed by atoms with E-state index in [0.717, 1.165) is 18.5 Å². The highest BCUT2D eigenvalue weighted by Gasteiger charge is 2.46. The van der Waals surface area contributed by atoms with Crippen molar-refractivity contribution in [3.8, 4) is 0 Å². The summed E-state index contributed by atoms with van der Waals surface area (Å²) in [4.78, 5) is 2.64. The molecule has 2 aliphatic carbocycles. The van der Waals surface area contributed by atoms with Gasteiger partial charge in [0.2, 0.25) is 0 Å². The quantitative estimate of drug-likeness (QED) is 0.819. The molecular weight excluding hydrogens is 208 g/mol. The molecule has 0 radical (unpaired) electrons. The van der Waals surface area contributed by atoms with Crippen LogP contribution in [0.2, 0.25) is 0 Å². The Labute approximate surface area is 107 Å². The van der Waals surface area contributed by atoms with E-state index in [1.54, 1.807) is 0 Å². The van der Waals surface area contributed by atoms with Gasteiger partial charge in [-0.05, 0) is 56.9 Å². The topological polar surface area (TPSA) is 29.3 Å². The summed E-state index contributed by atoms with van der Waals surface area (Å²) in [6, 6.07) is 0.777. The molecule has 0 aliphatic heterocycles. The molecule has 0 aromatic carbocycles. The average Bonchev–Trinajstić information content (AvgIpc) is 2.23. The maximum Gasteiger partial charge on any atom is 0.0336 e. The second-order valence-corrected chi connectivity index (χ2v) is 7.45. The molecular formula is C15H30N2. The van der Waals surface area contributed by atoms with Gasteiger partial charge in [-0.2, -0.15) is 0 Å². The zero-order chi connectivity index (χ0) is 12.7. The van der Waals surface area contributed by atoms with E-state index in [9.17, 15) is 0 Å². The largest absolute Gasteiger partial charge is 0.329 e. The molecule has 2 aliphatic rings. The SMILES string of the molecule is CC1CC(CN)(N(C)C2CCC(C)(C)CC2)C1. The summed E-state index contributed by atoms with van der Waals surface area (Å²) in [6.45, 7) is 8.01. The lowest BCUT2D eigenvalue weighted by Gasteiger charge is -2.56. The van der Waals surface area contributed by atoms with Crippen LogP contribution in [-0.4, -0.2) is 30.1 Å². The Bertz CT molecular complexity index is 256. The van der Waals surface area contributed by atoms with Crippen LogP contribution >= 0.6 is 0 Å². The Hall–Kier alpha value is -0.0800. The molecule has 2 rings (SSSR count). The van der Waals surface area contributed by atoms with Gasteiger partial charge in [-0.3, -0.25) is 4.90 Å². The normalized spacial score (nSPS) is 38.1. The van der Waals surface area contributed by atoms with Crippen molar-refractivity contribution in [1.29, 1.82) is 0 Å². The van der Waals surface area contributed by atoms with Gasteiger partial charge in [0.15, 0.2) is 0 Å². The van der Waals surface area contributed by atoms with E-state index in [1.165, 1.54) is 38.5 Å². The van der Waals surface area contributed by atoms with E-state index in [0.29, 0.717) is 11.0 Å². The molecule has 0 amide bonds. The first-order chi connectivity index (χ1) is 7.88. The summed E-state index contributed by atoms with van der Waals surface area (Å²) in [5.74, 6) is 0.876. The summed E-state index contributed by atoms with van der Waals surface area (Å²) in [5.41, 5.74) is 6.96. The Morgan fingerprint density at radius 1 is 1.18 bits per heavy atom. The molecule has 0 saturated heterocycles. The molecule has 100 valence electrons. The van der Waals surface area contributed by atoms with Crippen molar-refractivity contribution < 1.29 is 0 Å². The summed E-state index contributed by atoms with van der Waals surface area (Å²) in [6.07, 6.45) is 8.08. The Kier molecular flexibility index (Phi) is 3.57. The lowest BCUT2D eigenvalue weighted by atomic mass is 9.66. The van der Waals surface area contributed by atoms with Crippen LogP contribution in [0.15, 0.2) is 0 Å². The van der Waals surface area contributed by atoms with Crippen molar-refractivity contribution in [2.75, 3.05) is 13.6 Å². The Morgan fingerprint density at radius 3 is 2.12 bits per heavy atom. The molecule has 2 N–H and O–H groups in total. The fourth-order valence-electron chi connectivity index (χ4n) is 3.99. The standard InChI is InChI=1S/C15H30N2/c1-12-9-15(10-12,11-16)17(4)13-5-7-14(2,3)8-6-13/h12-13H,5-11,16H2,1-4H3. The van der Waals surface area contributed by atoms with Gasteiger partial charge in [0.05, 0.1) is 0 Å². The highest BCUT2D eigenvalue weighted by Crippen LogP contribution is 2.45. The Balaban J connectivity index is 1.94. The molecule has 2 heteroatoms. The average molecular weight is 238 g/mol. The maximum absolute atomic E-state index is 6.05. The fourth-order valence-corrected chi connectivity index (χ4v) is 3.99. The molecule has 0 aromatic heterocycles. The van der Waals surface area contributed by atoms with Crippen molar-refractivity contribution in [2.45, 2.75) is 70.9 Å². The number of nitrogens with two attached hydrogens (primary N) is 1. The molecule has 2 fully saturated rings. The predicted octanol–water partition coefficient (Wildman–Crippen LogP) is 3.01. The van der Waals surface area contributed by atoms with Crippen molar-refractivity contribution in [2.24, 2.45) is 17.1 Å². The third-order valence-corrected chi connectivity index (χ3v) is 5.44. The van der Waals surface area contributed by atoms with Crippen LogP contribution in [0.25, 0.3) is 0 Å². The molecule has 2 nitrogen and oxygen atoms in total. The second kappa shape index (κ2) is 4.55. The third kappa shape index (κ3) is 2.53. The van der Waals surface area contributed by atoms with Crippen molar-refractivity contribution >= 4 is 0 Å². The van der Waals surface area contributed by atoms with Gasteiger partial charge in [-0.15, -0.1) is 0 Å². The van der Waals surface area contributed by atoms with Gasteiger partial charge in [-0.1, -0.05) is 20.8 Å². The smallest absolute Gasteiger partial charge is 0.0336 e. The van der Waals surface area contributed by atoms with Gasteiger partial charge < -0.3 is 5.73 Å². The number of likely N-dealkylation sites (N-methyl/N-ethyl adjacent to an activating group) is 1. The molecule has 0 atom stereocenters. The van der Waals surface area contributed by atoms with Crippen molar-refractivity contribution in [3.05, 3.63) is 0 Å². The van der Waals surface area contributed by atoms with Crippen LogP contribution in [0.1, 0.15) is 59.3 Å². The fraction of sp³-hybridized carbons (Fsp3) is 1.00. The van der Waals surface area contributed by atoms with Crippen LogP contribution in [-0.2, 0) is 0 Å². The first-order valence-electron chi connectivity index (χ1n) is 7.32. The molecule has 0 aromatic rings. The number of nitrogens with zero attached hydrogens (tertiary/aromatic N) is 1. The monoisotopic (exact) mass is 238 g/mol. The highest BCUT2D eigenvalue weighted by atomic mass is 15.2. The van der Waals surface area contributed by atoms with E-state index < -0.39 is 0 Å². The number of hydrogen-bond donors (Lipinski definition) is 1. The minimum Gasteiger partial charge on any atom is -0.329 e. The van der Waals surface area contributed by atoms with Crippen molar-refractivity contribution in [1.82, 2.24) is 4.90 Å². The molecule has 0 bridgehead atoms. The van der Waals surface area contributed by atoms with Gasteiger partial charge in [0, 0.05) is 18.1 Å². The van der Waals surface area contributed by atoms with Crippen LogP contribution in [0.4, 0.5) is 0 Å². The number of hydrogen-bond acceptors (Lipinski definition) is 2. The Morgan fingerprint density at radius 2 is 1.71 bits per heavy atom. The maximum atomic E-state index is 6.05. The second-order valence-electron chi connectivity index (χ2n) is 7.45. The van der Waals surface area contributed by atoms with Gasteiger partial charge in [0.25, 0.3) is 0 Å². The van der Waals surface area contributed by atoms with Crippen LogP contribution in [0.5, 0.6) is 0 Å². The number of rotatable bonds is 3. The van der Waals surface area contributed by atoms with Gasteiger partial charge >= 0.3 is 0 Å². The zero-order valence-corrected chi connectivity index (χ0v) is 12.1. The van der Waals surface area contributed by atoms with E-state index in [-0.39, 0.29) is 0 Å². The summed E-state index contributed by atoms with van der Waals surface area (Å²) < 4.78 is 0. The predicted molar refractivity (Wildman–Crippen MR) is 74.0 cm³/mol. The van der Waals surface area contributed by atoms with Crippen LogP contribution in [0, 0.1) is 11.3 Å². The zero-order valence-electron chi connectivity index (χ0n) is 12.1. The summed E-state index contributed by atoms with van der Waals surface area (Å²) in [5, 5.41) is 0. The molecule has 0 unspecified atom stereocenters. The van der Waals surface area contributed by atoms with E-state index in [4.69, 9.17) is 5.73 Å². The van der Waals surface area contributed by atoms with Crippen LogP contribution in [0.3, 0.4) is 0 Å². The highest BCUT2D eigenvalue weighted by molar-refractivity contribution is 5.03. The first-order valence-corrected chi connectivity index (χ1v) is 7.32. The lowest BCUT2D eigenvalue weighted by molar-refractivity contribution is -0.0395. The van der Waals surface area contributed by atoms with E-state index in [2.05, 4.69) is 32.7 Å². The minimum atomic E-state index is 0.339. The summed E-state index contributed by atoms with van der Waals surface area (Å²) >= 11 is 0. The van der Waals surface area contributed by atoms with Gasteiger partial charge in [0.1, 0.15) is 0 Å². The molecule has 0 heterocycles. The molecule has 17 heavy (non-hydrogen) atoms. The third-order valence-electron chi connectivity index (χ3n) is 5.44. The minimum absolute atomic E-state index is 0.339. The van der Waals surface area contributed by atoms with Crippen LogP contribution < -0.4 is 5.73 Å². The van der Waals surface area contributed by atoms with Gasteiger partial charge in [-0.25, -0.2) is 0 Å². The van der Waals surface area contributed by atoms with Crippen molar-refractivity contribution in [3.63, 3.8) is 0 Å². The molecule has 0 spiro atoms. The first kappa shape index (κ1) is 13.4.